The van der Waals surface area contributed by atoms with Crippen molar-refractivity contribution in [1.29, 1.82) is 0 Å². The molecule has 1 rings (SSSR count). The lowest BCUT2D eigenvalue weighted by Crippen LogP contribution is -2.47. The van der Waals surface area contributed by atoms with E-state index in [0.29, 0.717) is 6.04 Å². The second-order valence-corrected chi connectivity index (χ2v) is 6.83. The van der Waals surface area contributed by atoms with Crippen LogP contribution < -0.4 is 5.32 Å². The van der Waals surface area contributed by atoms with Gasteiger partial charge in [0.2, 0.25) is 0 Å². The third-order valence-electron chi connectivity index (χ3n) is 4.58. The monoisotopic (exact) mass is 239 g/mol. The van der Waals surface area contributed by atoms with E-state index >= 15 is 0 Å². The zero-order valence-electron chi connectivity index (χ0n) is 12.8. The van der Waals surface area contributed by atoms with Crippen molar-refractivity contribution in [3.63, 3.8) is 0 Å². The fourth-order valence-corrected chi connectivity index (χ4v) is 3.82. The Hall–Kier alpha value is -0.0400. The third-order valence-corrected chi connectivity index (χ3v) is 4.58. The van der Waals surface area contributed by atoms with E-state index in [4.69, 9.17) is 0 Å². The first-order valence-electron chi connectivity index (χ1n) is 7.71. The van der Waals surface area contributed by atoms with E-state index in [9.17, 15) is 0 Å². The molecule has 0 bridgehead atoms. The first-order chi connectivity index (χ1) is 7.95. The van der Waals surface area contributed by atoms with Crippen LogP contribution in [0.15, 0.2) is 0 Å². The first kappa shape index (κ1) is 15.0. The molecule has 0 aromatic heterocycles. The molecular weight excluding hydrogens is 206 g/mol. The SMILES string of the molecule is CCC1C(NC(C)C)CCC(CC(C)C)C1C. The minimum atomic E-state index is 0.628. The van der Waals surface area contributed by atoms with Crippen LogP contribution in [0.4, 0.5) is 0 Å². The molecule has 4 unspecified atom stereocenters. The molecule has 1 nitrogen and oxygen atoms in total. The molecule has 0 saturated heterocycles. The largest absolute Gasteiger partial charge is 0.311 e. The molecule has 1 heteroatoms. The molecule has 0 heterocycles. The van der Waals surface area contributed by atoms with Gasteiger partial charge in [0.25, 0.3) is 0 Å². The predicted octanol–water partition coefficient (Wildman–Crippen LogP) is 4.47. The van der Waals surface area contributed by atoms with Crippen molar-refractivity contribution in [3.05, 3.63) is 0 Å². The normalized spacial score (nSPS) is 34.6. The molecule has 0 aromatic carbocycles. The van der Waals surface area contributed by atoms with Crippen molar-refractivity contribution < 1.29 is 0 Å². The van der Waals surface area contributed by atoms with E-state index in [2.05, 4.69) is 46.9 Å². The summed E-state index contributed by atoms with van der Waals surface area (Å²) < 4.78 is 0. The lowest BCUT2D eigenvalue weighted by molar-refractivity contribution is 0.101. The van der Waals surface area contributed by atoms with Crippen LogP contribution in [0.2, 0.25) is 0 Å². The van der Waals surface area contributed by atoms with E-state index in [1.165, 1.54) is 25.7 Å². The summed E-state index contributed by atoms with van der Waals surface area (Å²) in [6.07, 6.45) is 5.57. The Morgan fingerprint density at radius 3 is 2.24 bits per heavy atom. The summed E-state index contributed by atoms with van der Waals surface area (Å²) in [7, 11) is 0. The van der Waals surface area contributed by atoms with Crippen molar-refractivity contribution >= 4 is 0 Å². The van der Waals surface area contributed by atoms with Crippen LogP contribution in [-0.2, 0) is 0 Å². The van der Waals surface area contributed by atoms with Gasteiger partial charge < -0.3 is 5.32 Å². The fourth-order valence-electron chi connectivity index (χ4n) is 3.82. The van der Waals surface area contributed by atoms with E-state index in [-0.39, 0.29) is 0 Å². The highest BCUT2D eigenvalue weighted by atomic mass is 14.9. The Morgan fingerprint density at radius 1 is 1.12 bits per heavy atom. The third kappa shape index (κ3) is 4.28. The lowest BCUT2D eigenvalue weighted by atomic mass is 9.67. The molecule has 1 fully saturated rings. The highest BCUT2D eigenvalue weighted by molar-refractivity contribution is 4.89. The van der Waals surface area contributed by atoms with Crippen LogP contribution >= 0.6 is 0 Å². The quantitative estimate of drug-likeness (QED) is 0.746. The van der Waals surface area contributed by atoms with Crippen LogP contribution in [0.3, 0.4) is 0 Å². The first-order valence-corrected chi connectivity index (χ1v) is 7.71. The Balaban J connectivity index is 2.60. The van der Waals surface area contributed by atoms with E-state index in [1.807, 2.05) is 0 Å². The van der Waals surface area contributed by atoms with Crippen LogP contribution in [0.1, 0.15) is 67.2 Å². The van der Waals surface area contributed by atoms with Gasteiger partial charge in [-0.1, -0.05) is 48.0 Å². The van der Waals surface area contributed by atoms with Gasteiger partial charge in [-0.25, -0.2) is 0 Å². The standard InChI is InChI=1S/C16H33N/c1-7-15-13(6)14(10-11(2)3)8-9-16(15)17-12(4)5/h11-17H,7-10H2,1-6H3. The number of hydrogen-bond donors (Lipinski definition) is 1. The maximum atomic E-state index is 3.79. The van der Waals surface area contributed by atoms with E-state index in [1.54, 1.807) is 0 Å². The smallest absolute Gasteiger partial charge is 0.0100 e. The van der Waals surface area contributed by atoms with Crippen molar-refractivity contribution in [2.45, 2.75) is 79.3 Å². The Kier molecular flexibility index (Phi) is 5.99. The molecule has 0 radical (unpaired) electrons. The molecule has 102 valence electrons. The summed E-state index contributed by atoms with van der Waals surface area (Å²) in [5.74, 6) is 3.60. The summed E-state index contributed by atoms with van der Waals surface area (Å²) in [4.78, 5) is 0. The minimum absolute atomic E-state index is 0.628. The molecule has 1 N–H and O–H groups in total. The summed E-state index contributed by atoms with van der Waals surface area (Å²) in [6, 6.07) is 1.39. The van der Waals surface area contributed by atoms with Crippen molar-refractivity contribution in [2.75, 3.05) is 0 Å². The number of hydrogen-bond acceptors (Lipinski definition) is 1. The van der Waals surface area contributed by atoms with Gasteiger partial charge in [-0.2, -0.15) is 0 Å². The van der Waals surface area contributed by atoms with Crippen LogP contribution in [0.5, 0.6) is 0 Å². The summed E-state index contributed by atoms with van der Waals surface area (Å²) in [5, 5.41) is 3.79. The summed E-state index contributed by atoms with van der Waals surface area (Å²) in [5.41, 5.74) is 0. The fraction of sp³-hybridized carbons (Fsp3) is 1.00. The maximum absolute atomic E-state index is 3.79. The van der Waals surface area contributed by atoms with Gasteiger partial charge in [-0.05, 0) is 42.9 Å². The average Bonchev–Trinajstić information content (AvgIpc) is 2.21. The predicted molar refractivity (Wildman–Crippen MR) is 77.2 cm³/mol. The second-order valence-electron chi connectivity index (χ2n) is 6.83. The topological polar surface area (TPSA) is 12.0 Å². The molecule has 0 spiro atoms. The zero-order valence-corrected chi connectivity index (χ0v) is 12.8. The number of rotatable bonds is 5. The van der Waals surface area contributed by atoms with Crippen LogP contribution in [0, 0.1) is 23.7 Å². The van der Waals surface area contributed by atoms with Gasteiger partial charge in [-0.15, -0.1) is 0 Å². The highest BCUT2D eigenvalue weighted by Crippen LogP contribution is 2.39. The lowest BCUT2D eigenvalue weighted by Gasteiger charge is -2.43. The van der Waals surface area contributed by atoms with E-state index < -0.39 is 0 Å². The Bertz CT molecular complexity index is 210. The molecule has 4 atom stereocenters. The summed E-state index contributed by atoms with van der Waals surface area (Å²) >= 11 is 0. The van der Waals surface area contributed by atoms with E-state index in [0.717, 1.165) is 29.7 Å². The van der Waals surface area contributed by atoms with Gasteiger partial charge in [-0.3, -0.25) is 0 Å². The Labute approximate surface area is 109 Å². The molecular formula is C16H33N. The second kappa shape index (κ2) is 6.78. The molecule has 1 aliphatic carbocycles. The number of nitrogens with one attached hydrogen (secondary N) is 1. The molecule has 1 aliphatic rings. The van der Waals surface area contributed by atoms with Gasteiger partial charge in [0, 0.05) is 12.1 Å². The molecule has 0 amide bonds. The highest BCUT2D eigenvalue weighted by Gasteiger charge is 2.35. The minimum Gasteiger partial charge on any atom is -0.311 e. The van der Waals surface area contributed by atoms with Crippen molar-refractivity contribution in [1.82, 2.24) is 5.32 Å². The Morgan fingerprint density at radius 2 is 1.76 bits per heavy atom. The van der Waals surface area contributed by atoms with Crippen LogP contribution in [0.25, 0.3) is 0 Å². The van der Waals surface area contributed by atoms with Gasteiger partial charge in [0.15, 0.2) is 0 Å². The molecule has 1 saturated carbocycles. The molecule has 0 aromatic rings. The maximum Gasteiger partial charge on any atom is 0.0100 e. The summed E-state index contributed by atoms with van der Waals surface area (Å²) in [6.45, 7) is 14.1. The zero-order chi connectivity index (χ0) is 13.0. The van der Waals surface area contributed by atoms with Gasteiger partial charge in [0.1, 0.15) is 0 Å². The van der Waals surface area contributed by atoms with Gasteiger partial charge in [0.05, 0.1) is 0 Å². The average molecular weight is 239 g/mol. The van der Waals surface area contributed by atoms with Crippen LogP contribution in [-0.4, -0.2) is 12.1 Å². The molecule has 17 heavy (non-hydrogen) atoms. The van der Waals surface area contributed by atoms with Gasteiger partial charge >= 0.3 is 0 Å². The van der Waals surface area contributed by atoms with Crippen molar-refractivity contribution in [3.8, 4) is 0 Å². The molecule has 0 aliphatic heterocycles. The van der Waals surface area contributed by atoms with Crippen molar-refractivity contribution in [2.24, 2.45) is 23.7 Å².